The van der Waals surface area contributed by atoms with Crippen LogP contribution in [0, 0.1) is 36.4 Å². The van der Waals surface area contributed by atoms with E-state index in [-0.39, 0.29) is 79.1 Å². The van der Waals surface area contributed by atoms with E-state index >= 15 is 4.39 Å². The molecular formula is C73H92FN13O18. The number of nitrogen functional groups attached to an aromatic ring is 1. The van der Waals surface area contributed by atoms with E-state index in [4.69, 9.17) is 35.3 Å². The fraction of sp³-hybridized carbons (Fsp3) is 0.438. The molecule has 12 rings (SSSR count). The van der Waals surface area contributed by atoms with Crippen molar-refractivity contribution in [3.63, 3.8) is 0 Å². The molecule has 1 unspecified atom stereocenters. The third kappa shape index (κ3) is 18.1. The molecule has 10 atom stereocenters. The zero-order valence-corrected chi connectivity index (χ0v) is 60.5. The summed E-state index contributed by atoms with van der Waals surface area (Å²) in [7, 11) is 4.88. The summed E-state index contributed by atoms with van der Waals surface area (Å²) in [6.45, 7) is 19.1. The number of esters is 1. The number of nitrogens with zero attached hydrogens (tertiary/aromatic N) is 8. The topological polar surface area (TPSA) is 441 Å². The molecule has 0 spiro atoms. The van der Waals surface area contributed by atoms with Crippen LogP contribution in [-0.4, -0.2) is 205 Å². The number of rotatable bonds is 10. The number of piperazine rings is 2. The Morgan fingerprint density at radius 3 is 2.15 bits per heavy atom. The van der Waals surface area contributed by atoms with Gasteiger partial charge in [0.05, 0.1) is 77.2 Å². The van der Waals surface area contributed by atoms with E-state index in [1.54, 1.807) is 61.6 Å². The third-order valence-corrected chi connectivity index (χ3v) is 19.0. The van der Waals surface area contributed by atoms with Crippen molar-refractivity contribution >= 4 is 74.7 Å². The van der Waals surface area contributed by atoms with E-state index in [1.807, 2.05) is 24.3 Å². The number of anilines is 2. The Balaban J connectivity index is 0.000000243. The van der Waals surface area contributed by atoms with Crippen molar-refractivity contribution in [1.29, 1.82) is 0 Å². The van der Waals surface area contributed by atoms with Gasteiger partial charge >= 0.3 is 17.7 Å². The van der Waals surface area contributed by atoms with Crippen LogP contribution in [0.5, 0.6) is 28.7 Å². The maximum atomic E-state index is 15.1. The van der Waals surface area contributed by atoms with Gasteiger partial charge in [-0.05, 0) is 64.9 Å². The molecule has 31 nitrogen and oxygen atoms in total. The van der Waals surface area contributed by atoms with E-state index in [0.29, 0.717) is 48.7 Å². The average molecular weight is 1460 g/mol. The first-order chi connectivity index (χ1) is 49.8. The number of phenolic OH excluding ortho intramolecular Hbond substituents is 3. The number of nitrogens with two attached hydrogens (primary N) is 2. The highest BCUT2D eigenvalue weighted by molar-refractivity contribution is 6.24. The molecule has 5 bridgehead atoms. The van der Waals surface area contributed by atoms with Crippen molar-refractivity contribution in [3.8, 4) is 28.7 Å². The number of carbonyl (C=O) groups is 6. The number of primary amides is 1. The third-order valence-electron chi connectivity index (χ3n) is 19.0. The molecule has 3 amide bonds. The second-order valence-corrected chi connectivity index (χ2v) is 26.5. The van der Waals surface area contributed by atoms with Crippen molar-refractivity contribution in [1.82, 2.24) is 40.2 Å². The van der Waals surface area contributed by atoms with Crippen LogP contribution < -0.4 is 47.4 Å². The first kappa shape index (κ1) is 80.1. The Morgan fingerprint density at radius 2 is 1.57 bits per heavy atom. The second-order valence-electron chi connectivity index (χ2n) is 26.5. The summed E-state index contributed by atoms with van der Waals surface area (Å²) in [4.78, 5) is 101. The molecule has 13 N–H and O–H groups in total. The van der Waals surface area contributed by atoms with Gasteiger partial charge in [-0.2, -0.15) is 5.10 Å². The molecule has 3 fully saturated rings. The highest BCUT2D eigenvalue weighted by atomic mass is 19.1. The quantitative estimate of drug-likeness (QED) is 0.0152. The number of carboxylic acids is 1. The summed E-state index contributed by atoms with van der Waals surface area (Å²) in [5.74, 6) is -5.91. The zero-order chi connectivity index (χ0) is 77.0. The number of hydrogen-bond acceptors (Lipinski definition) is 26. The number of methoxy groups -OCH3 is 2. The number of hydrogen-bond donors (Lipinski definition) is 11. The summed E-state index contributed by atoms with van der Waals surface area (Å²) >= 11 is 0. The standard InChI is InChI=1S/C43H58N4O12.C19H22FN3O4.C6H7N3O.C5H5N3O/c1-21-12-11-13-22(2)42(55)45-33-28(20-44-47-17-15-46(9)16-18-47)37(52)30-31(38(33)53)36(51)26(6)40-32(30)41(54)43(8,59-40)57-19-14-29(56-10)23(3)39(58-27(7)48)25(5)35(50)24(4)34(21)49;1-10-8-22(6-5-21-10)16-14(20)7-12-15(18(16)27-2)23(11-3-4-11)9-13(17(12)24)19(25)26;7-9-6(10)5-1-3-8-4-2-5;6-5(9)4-3-7-1-2-8-4/h11-14,19-21,23-25,29,34-35,39,49-53H,15-18H2,1-10H3,(H,45,55);7,9-11,21H,3-6,8H2,1-2H3,(H,25,26);1-4H,7H2,(H,9,10);1-3H,(H2,6,9)/b12-11+,19-14+,22-13-,44-20-;;;/t21-,23+,24+,25+,29-,34-,35+,39+,43-;;;/m0.../s1. The lowest BCUT2D eigenvalue weighted by Crippen LogP contribution is -2.49. The lowest BCUT2D eigenvalue weighted by molar-refractivity contribution is -0.160. The van der Waals surface area contributed by atoms with Crippen LogP contribution in [0.15, 0.2) is 101 Å². The number of carbonyl (C=O) groups excluding carboxylic acids is 5. The average Bonchev–Trinajstić information content (AvgIpc) is 1.64. The lowest BCUT2D eigenvalue weighted by atomic mass is 9.78. The molecule has 105 heavy (non-hydrogen) atoms. The number of Topliss-reactive ketones (excluding diaryl/α,β-unsaturated/α-hetero) is 1. The predicted octanol–water partition coefficient (Wildman–Crippen LogP) is 5.58. The second kappa shape index (κ2) is 34.8. The van der Waals surface area contributed by atoms with Crippen molar-refractivity contribution in [2.24, 2.45) is 40.3 Å². The molecule has 2 saturated heterocycles. The highest BCUT2D eigenvalue weighted by Gasteiger charge is 2.50. The molecule has 3 aromatic heterocycles. The normalized spacial score (nSPS) is 24.8. The number of carboxylic acid groups (broad SMARTS) is 1. The molecule has 3 aromatic carbocycles. The maximum absolute atomic E-state index is 15.1. The molecule has 32 heteroatoms. The molecule has 0 radical (unpaired) electrons. The Labute approximate surface area is 604 Å². The van der Waals surface area contributed by atoms with E-state index in [1.165, 1.54) is 104 Å². The van der Waals surface area contributed by atoms with Crippen LogP contribution in [0.3, 0.4) is 0 Å². The Kier molecular flexibility index (Phi) is 26.5. The predicted molar refractivity (Wildman–Crippen MR) is 387 cm³/mol. The van der Waals surface area contributed by atoms with E-state index in [9.17, 15) is 64.2 Å². The molecule has 8 heterocycles. The number of hydrazine groups is 1. The van der Waals surface area contributed by atoms with Crippen molar-refractivity contribution in [2.45, 2.75) is 117 Å². The monoisotopic (exact) mass is 1460 g/mol. The number of aliphatic hydroxyl groups excluding tert-OH is 2. The first-order valence-electron chi connectivity index (χ1n) is 34.0. The number of halogens is 1. The fourth-order valence-electron chi connectivity index (χ4n) is 12.8. The summed E-state index contributed by atoms with van der Waals surface area (Å²) in [6.07, 6.45) is 15.3. The van der Waals surface area contributed by atoms with Gasteiger partial charge in [-0.15, -0.1) is 0 Å². The molecule has 1 saturated carbocycles. The maximum Gasteiger partial charge on any atom is 0.341 e. The van der Waals surface area contributed by atoms with Crippen molar-refractivity contribution in [2.75, 3.05) is 77.3 Å². The molecule has 6 aromatic rings. The van der Waals surface area contributed by atoms with Gasteiger partial charge in [-0.1, -0.05) is 45.9 Å². The van der Waals surface area contributed by atoms with Crippen molar-refractivity contribution < 1.29 is 87.5 Å². The lowest BCUT2D eigenvalue weighted by Gasteiger charge is -2.38. The summed E-state index contributed by atoms with van der Waals surface area (Å²) in [6, 6.07) is 4.62. The highest BCUT2D eigenvalue weighted by Crippen LogP contribution is 2.55. The number of phenols is 3. The van der Waals surface area contributed by atoms with Crippen LogP contribution in [0.2, 0.25) is 0 Å². The zero-order valence-electron chi connectivity index (χ0n) is 60.5. The number of nitrogens with one attached hydrogen (secondary N) is 3. The van der Waals surface area contributed by atoms with E-state index in [0.717, 1.165) is 38.5 Å². The number of benzene rings is 3. The summed E-state index contributed by atoms with van der Waals surface area (Å²) in [5, 5.41) is 79.6. The summed E-state index contributed by atoms with van der Waals surface area (Å²) < 4.78 is 46.1. The number of ether oxygens (including phenoxy) is 5. The van der Waals surface area contributed by atoms with Crippen LogP contribution >= 0.6 is 0 Å². The van der Waals surface area contributed by atoms with Crippen LogP contribution in [0.25, 0.3) is 21.7 Å². The van der Waals surface area contributed by atoms with Crippen LogP contribution in [0.4, 0.5) is 15.8 Å². The molecule has 6 aliphatic rings. The van der Waals surface area contributed by atoms with Gasteiger partial charge < -0.3 is 85.1 Å². The van der Waals surface area contributed by atoms with E-state index in [2.05, 4.69) is 35.6 Å². The number of allylic oxidation sites excluding steroid dienone is 2. The number of aromatic hydroxyl groups is 3. The number of aliphatic hydroxyl groups is 2. The van der Waals surface area contributed by atoms with Crippen LogP contribution in [-0.2, 0) is 23.8 Å². The van der Waals surface area contributed by atoms with Crippen molar-refractivity contribution in [3.05, 3.63) is 141 Å². The smallest absolute Gasteiger partial charge is 0.341 e. The molecule has 5 aliphatic heterocycles. The Hall–Kier alpha value is -10.6. The SMILES string of the molecule is CO[C@H]1/C=C/O[C@@]2(C)Oc3c(C)c(O)c4c(O)c(c(/C=N\N5CCN(C)CC5)c(O)c4c3C2=O)NC(=O)/C(C)=C\C=C\[C@H](C)[C@H](O)[C@@H](C)[C@@H](O)[C@@H](C)[C@H](OC(C)=O)[C@@H]1C.COc1c(N2CCNC(C)C2)c(F)cc2c(=O)c(C(=O)O)cn(C3CC3)c12.NC(=O)c1cnccn1.NNC(=O)c1ccncc1. The minimum absolute atomic E-state index is 0.0445. The van der Waals surface area contributed by atoms with Gasteiger partial charge in [0.2, 0.25) is 5.43 Å². The minimum atomic E-state index is -2.04. The minimum Gasteiger partial charge on any atom is -0.507 e. The Morgan fingerprint density at radius 1 is 0.886 bits per heavy atom. The molecule has 1 aliphatic carbocycles. The number of pyridine rings is 2. The number of amides is 3. The van der Waals surface area contributed by atoms with Gasteiger partial charge in [0.25, 0.3) is 23.5 Å². The van der Waals surface area contributed by atoms with E-state index < -0.39 is 112 Å². The number of fused-ring (bicyclic) bond motifs is 15. The largest absolute Gasteiger partial charge is 0.507 e. The Bertz CT molecular complexity index is 4400. The fourth-order valence-corrected chi connectivity index (χ4v) is 12.8. The number of likely N-dealkylation sites (N-methyl/N-ethyl adjacent to an activating group) is 1. The number of hydrazone groups is 1. The van der Waals surface area contributed by atoms with Gasteiger partial charge in [-0.3, -0.25) is 49.2 Å². The molecular weight excluding hydrogens is 1370 g/mol. The van der Waals surface area contributed by atoms with Gasteiger partial charge in [0.15, 0.2) is 17.3 Å². The number of aromatic carboxylic acids is 1. The number of aromatic nitrogens is 4. The van der Waals surface area contributed by atoms with Crippen LogP contribution in [0.1, 0.15) is 127 Å². The first-order valence-corrected chi connectivity index (χ1v) is 34.0. The number of ketones is 1. The van der Waals surface area contributed by atoms with Gasteiger partial charge in [0, 0.05) is 156 Å². The molecule has 564 valence electrons. The van der Waals surface area contributed by atoms with Gasteiger partial charge in [-0.25, -0.2) is 20.0 Å². The van der Waals surface area contributed by atoms with Gasteiger partial charge in [0.1, 0.15) is 40.3 Å². The summed E-state index contributed by atoms with van der Waals surface area (Å²) in [5.41, 5.74) is 7.00.